The van der Waals surface area contributed by atoms with E-state index in [1.165, 1.54) is 25.7 Å². The lowest BCUT2D eigenvalue weighted by Gasteiger charge is -2.21. The summed E-state index contributed by atoms with van der Waals surface area (Å²) in [6.07, 6.45) is 8.17. The number of nitrogens with zero attached hydrogens (tertiary/aromatic N) is 3. The number of H-pyrrole nitrogens is 1. The van der Waals surface area contributed by atoms with E-state index in [0.717, 1.165) is 35.7 Å². The summed E-state index contributed by atoms with van der Waals surface area (Å²) in [5, 5.41) is 14.8. The second kappa shape index (κ2) is 6.28. The Labute approximate surface area is 125 Å². The quantitative estimate of drug-likeness (QED) is 0.761. The average molecular weight is 288 g/mol. The lowest BCUT2D eigenvalue weighted by molar-refractivity contribution is 0.481. The third-order valence-electron chi connectivity index (χ3n) is 4.31. The van der Waals surface area contributed by atoms with E-state index in [-0.39, 0.29) is 0 Å². The summed E-state index contributed by atoms with van der Waals surface area (Å²) in [6.45, 7) is 5.25. The highest BCUT2D eigenvalue weighted by Crippen LogP contribution is 2.30. The van der Waals surface area contributed by atoms with Gasteiger partial charge in [-0.1, -0.05) is 19.8 Å². The molecule has 1 unspecified atom stereocenters. The minimum absolute atomic E-state index is 0.430. The molecular weight excluding hydrogens is 264 g/mol. The van der Waals surface area contributed by atoms with Crippen LogP contribution in [0.1, 0.15) is 46.0 Å². The Morgan fingerprint density at radius 3 is 2.90 bits per heavy atom. The van der Waals surface area contributed by atoms with Crippen LogP contribution < -0.4 is 10.6 Å². The predicted octanol–water partition coefficient (Wildman–Crippen LogP) is 3.17. The van der Waals surface area contributed by atoms with Crippen LogP contribution in [-0.2, 0) is 0 Å². The second-order valence-electron chi connectivity index (χ2n) is 5.93. The highest BCUT2D eigenvalue weighted by molar-refractivity contribution is 5.87. The van der Waals surface area contributed by atoms with Crippen LogP contribution in [0.4, 0.5) is 11.8 Å². The molecule has 1 atom stereocenters. The number of hydrogen-bond acceptors (Lipinski definition) is 5. The molecule has 1 aliphatic carbocycles. The van der Waals surface area contributed by atoms with Crippen LogP contribution in [0.25, 0.3) is 11.0 Å². The minimum atomic E-state index is 0.430. The van der Waals surface area contributed by atoms with Gasteiger partial charge in [0, 0.05) is 12.6 Å². The maximum atomic E-state index is 4.63. The van der Waals surface area contributed by atoms with Crippen LogP contribution in [0.15, 0.2) is 6.20 Å². The van der Waals surface area contributed by atoms with Crippen LogP contribution >= 0.6 is 0 Å². The first kappa shape index (κ1) is 14.1. The molecule has 0 amide bonds. The van der Waals surface area contributed by atoms with Crippen molar-refractivity contribution in [2.45, 2.75) is 52.0 Å². The van der Waals surface area contributed by atoms with Crippen molar-refractivity contribution in [1.82, 2.24) is 20.2 Å². The van der Waals surface area contributed by atoms with Gasteiger partial charge in [-0.2, -0.15) is 15.1 Å². The molecule has 0 radical (unpaired) electrons. The van der Waals surface area contributed by atoms with Gasteiger partial charge in [-0.3, -0.25) is 5.10 Å². The van der Waals surface area contributed by atoms with Crippen molar-refractivity contribution in [3.8, 4) is 0 Å². The van der Waals surface area contributed by atoms with E-state index in [1.54, 1.807) is 6.20 Å². The smallest absolute Gasteiger partial charge is 0.226 e. The molecule has 2 heterocycles. The standard InChI is InChI=1S/C15H24N6/c1-3-8-16-15-19-13(12-9-17-21-14(12)20-15)18-10(2)11-6-4-5-7-11/h9-11H,3-8H2,1-2H3,(H3,16,17,18,19,20,21). The summed E-state index contributed by atoms with van der Waals surface area (Å²) in [4.78, 5) is 9.09. The van der Waals surface area contributed by atoms with Crippen molar-refractivity contribution >= 4 is 22.8 Å². The maximum Gasteiger partial charge on any atom is 0.226 e. The van der Waals surface area contributed by atoms with Crippen LogP contribution in [0.2, 0.25) is 0 Å². The first-order valence-electron chi connectivity index (χ1n) is 7.99. The Hall–Kier alpha value is -1.85. The van der Waals surface area contributed by atoms with Crippen LogP contribution in [0, 0.1) is 5.92 Å². The number of anilines is 2. The van der Waals surface area contributed by atoms with E-state index in [2.05, 4.69) is 44.6 Å². The molecule has 0 saturated heterocycles. The average Bonchev–Trinajstić information content (AvgIpc) is 3.15. The molecular formula is C15H24N6. The Kier molecular flexibility index (Phi) is 4.22. The molecule has 3 N–H and O–H groups in total. The van der Waals surface area contributed by atoms with Gasteiger partial charge in [0.05, 0.1) is 11.6 Å². The Bertz CT molecular complexity index is 587. The molecule has 0 bridgehead atoms. The van der Waals surface area contributed by atoms with Gasteiger partial charge in [0.15, 0.2) is 5.65 Å². The summed E-state index contributed by atoms with van der Waals surface area (Å²) < 4.78 is 0. The summed E-state index contributed by atoms with van der Waals surface area (Å²) in [5.74, 6) is 2.29. The summed E-state index contributed by atoms with van der Waals surface area (Å²) >= 11 is 0. The number of aromatic nitrogens is 4. The van der Waals surface area contributed by atoms with Crippen molar-refractivity contribution in [1.29, 1.82) is 0 Å². The normalized spacial score (nSPS) is 17.2. The molecule has 2 aromatic rings. The predicted molar refractivity (Wildman–Crippen MR) is 85.5 cm³/mol. The number of fused-ring (bicyclic) bond motifs is 1. The molecule has 2 aromatic heterocycles. The van der Waals surface area contributed by atoms with E-state index in [9.17, 15) is 0 Å². The van der Waals surface area contributed by atoms with Gasteiger partial charge in [0.1, 0.15) is 5.82 Å². The highest BCUT2D eigenvalue weighted by Gasteiger charge is 2.22. The minimum Gasteiger partial charge on any atom is -0.367 e. The lowest BCUT2D eigenvalue weighted by Crippen LogP contribution is -2.24. The molecule has 0 aromatic carbocycles. The van der Waals surface area contributed by atoms with Gasteiger partial charge >= 0.3 is 0 Å². The van der Waals surface area contributed by atoms with Crippen molar-refractivity contribution in [3.63, 3.8) is 0 Å². The van der Waals surface area contributed by atoms with Crippen molar-refractivity contribution < 1.29 is 0 Å². The van der Waals surface area contributed by atoms with E-state index in [1.807, 2.05) is 0 Å². The maximum absolute atomic E-state index is 4.63. The van der Waals surface area contributed by atoms with Crippen LogP contribution in [0.5, 0.6) is 0 Å². The molecule has 6 nitrogen and oxygen atoms in total. The molecule has 3 rings (SSSR count). The van der Waals surface area contributed by atoms with Gasteiger partial charge in [-0.05, 0) is 32.1 Å². The molecule has 114 valence electrons. The van der Waals surface area contributed by atoms with Gasteiger partial charge in [0.2, 0.25) is 5.95 Å². The third-order valence-corrected chi connectivity index (χ3v) is 4.31. The van der Waals surface area contributed by atoms with Gasteiger partial charge in [0.25, 0.3) is 0 Å². The largest absolute Gasteiger partial charge is 0.367 e. The molecule has 21 heavy (non-hydrogen) atoms. The first-order valence-corrected chi connectivity index (χ1v) is 7.99. The molecule has 1 aliphatic rings. The molecule has 0 aliphatic heterocycles. The Balaban J connectivity index is 1.83. The molecule has 0 spiro atoms. The molecule has 1 saturated carbocycles. The van der Waals surface area contributed by atoms with E-state index in [0.29, 0.717) is 12.0 Å². The van der Waals surface area contributed by atoms with Gasteiger partial charge in [-0.25, -0.2) is 0 Å². The monoisotopic (exact) mass is 288 g/mol. The zero-order valence-electron chi connectivity index (χ0n) is 12.8. The van der Waals surface area contributed by atoms with Crippen molar-refractivity contribution in [2.75, 3.05) is 17.2 Å². The summed E-state index contributed by atoms with van der Waals surface area (Å²) in [7, 11) is 0. The van der Waals surface area contributed by atoms with Crippen LogP contribution in [0.3, 0.4) is 0 Å². The number of rotatable bonds is 6. The van der Waals surface area contributed by atoms with Gasteiger partial charge in [-0.15, -0.1) is 0 Å². The topological polar surface area (TPSA) is 78.5 Å². The zero-order chi connectivity index (χ0) is 14.7. The van der Waals surface area contributed by atoms with Crippen LogP contribution in [-0.4, -0.2) is 32.8 Å². The molecule has 1 fully saturated rings. The third kappa shape index (κ3) is 3.09. The number of nitrogens with one attached hydrogen (secondary N) is 3. The SMILES string of the molecule is CCCNc1nc(NC(C)C2CCCC2)c2cn[nH]c2n1. The fourth-order valence-electron chi connectivity index (χ4n) is 3.05. The summed E-state index contributed by atoms with van der Waals surface area (Å²) in [6, 6.07) is 0.430. The molecule has 6 heteroatoms. The fraction of sp³-hybridized carbons (Fsp3) is 0.667. The lowest BCUT2D eigenvalue weighted by atomic mass is 10.00. The number of aromatic amines is 1. The van der Waals surface area contributed by atoms with E-state index < -0.39 is 0 Å². The zero-order valence-corrected chi connectivity index (χ0v) is 12.8. The van der Waals surface area contributed by atoms with Crippen molar-refractivity contribution in [3.05, 3.63) is 6.20 Å². The van der Waals surface area contributed by atoms with E-state index >= 15 is 0 Å². The summed E-state index contributed by atoms with van der Waals surface area (Å²) in [5.41, 5.74) is 0.782. The Morgan fingerprint density at radius 2 is 2.14 bits per heavy atom. The fourth-order valence-corrected chi connectivity index (χ4v) is 3.05. The van der Waals surface area contributed by atoms with E-state index in [4.69, 9.17) is 0 Å². The van der Waals surface area contributed by atoms with Crippen molar-refractivity contribution in [2.24, 2.45) is 5.92 Å². The second-order valence-corrected chi connectivity index (χ2v) is 5.93. The highest BCUT2D eigenvalue weighted by atomic mass is 15.2. The van der Waals surface area contributed by atoms with Gasteiger partial charge < -0.3 is 10.6 Å². The first-order chi connectivity index (χ1) is 10.3. The number of hydrogen-bond donors (Lipinski definition) is 3. The Morgan fingerprint density at radius 1 is 1.33 bits per heavy atom.